The van der Waals surface area contributed by atoms with Gasteiger partial charge < -0.3 is 10.1 Å². The number of ether oxygens (including phenoxy) is 1. The van der Waals surface area contributed by atoms with E-state index in [0.717, 1.165) is 30.5 Å². The van der Waals surface area contributed by atoms with E-state index in [-0.39, 0.29) is 17.5 Å². The van der Waals surface area contributed by atoms with E-state index in [1.807, 2.05) is 24.3 Å². The van der Waals surface area contributed by atoms with Gasteiger partial charge in [0, 0.05) is 30.7 Å². The van der Waals surface area contributed by atoms with Crippen molar-refractivity contribution in [3.8, 4) is 0 Å². The Labute approximate surface area is 166 Å². The van der Waals surface area contributed by atoms with Crippen LogP contribution in [-0.4, -0.2) is 32.7 Å². The Bertz CT molecular complexity index is 1080. The van der Waals surface area contributed by atoms with Crippen molar-refractivity contribution in [2.24, 2.45) is 0 Å². The molecule has 5 rings (SSSR count). The number of anilines is 1. The summed E-state index contributed by atoms with van der Waals surface area (Å²) >= 11 is 6.01. The van der Waals surface area contributed by atoms with Crippen LogP contribution in [0.2, 0.25) is 5.02 Å². The summed E-state index contributed by atoms with van der Waals surface area (Å²) in [6.45, 7) is 2.00. The van der Waals surface area contributed by atoms with Crippen LogP contribution < -0.4 is 10.9 Å². The van der Waals surface area contributed by atoms with E-state index in [2.05, 4.69) is 15.3 Å². The van der Waals surface area contributed by atoms with Gasteiger partial charge in [0.05, 0.1) is 11.7 Å². The molecule has 4 heterocycles. The standard InChI is InChI=1S/C20H20ClN5O2/c21-14-3-1-12(2-4-14)15-5-8-26-19(27)18-17(25-20(26)24-15)16(22-11-23-18)13-6-9-28-10-7-13/h1-4,11,13,15H,5-10H2,(H,24,25). The third-order valence-corrected chi connectivity index (χ3v) is 5.85. The molecule has 2 aliphatic heterocycles. The van der Waals surface area contributed by atoms with Crippen molar-refractivity contribution >= 4 is 28.6 Å². The molecule has 0 amide bonds. The highest BCUT2D eigenvalue weighted by Gasteiger charge is 2.26. The molecule has 1 N–H and O–H groups in total. The molecule has 144 valence electrons. The van der Waals surface area contributed by atoms with Gasteiger partial charge in [0.1, 0.15) is 11.8 Å². The minimum Gasteiger partial charge on any atom is -0.381 e. The van der Waals surface area contributed by atoms with Gasteiger partial charge in [0.25, 0.3) is 5.56 Å². The summed E-state index contributed by atoms with van der Waals surface area (Å²) in [5.41, 5.74) is 2.86. The number of hydrogen-bond acceptors (Lipinski definition) is 6. The van der Waals surface area contributed by atoms with Crippen LogP contribution in [-0.2, 0) is 11.3 Å². The fourth-order valence-electron chi connectivity index (χ4n) is 4.07. The smallest absolute Gasteiger partial charge is 0.281 e. The Hall–Kier alpha value is -2.51. The van der Waals surface area contributed by atoms with Crippen LogP contribution in [0.4, 0.5) is 5.95 Å². The third-order valence-electron chi connectivity index (χ3n) is 5.60. The van der Waals surface area contributed by atoms with E-state index in [4.69, 9.17) is 21.3 Å². The highest BCUT2D eigenvalue weighted by Crippen LogP contribution is 2.31. The molecule has 2 aromatic heterocycles. The molecule has 1 fully saturated rings. The number of benzene rings is 1. The zero-order valence-corrected chi connectivity index (χ0v) is 16.0. The molecule has 1 aromatic carbocycles. The molecule has 28 heavy (non-hydrogen) atoms. The minimum absolute atomic E-state index is 0.0813. The first-order valence-corrected chi connectivity index (χ1v) is 9.93. The van der Waals surface area contributed by atoms with Crippen molar-refractivity contribution in [2.45, 2.75) is 37.8 Å². The molecule has 0 radical (unpaired) electrons. The second-order valence-corrected chi connectivity index (χ2v) is 7.71. The molecule has 0 bridgehead atoms. The zero-order chi connectivity index (χ0) is 19.1. The first-order valence-electron chi connectivity index (χ1n) is 9.56. The van der Waals surface area contributed by atoms with Gasteiger partial charge in [-0.15, -0.1) is 0 Å². The largest absolute Gasteiger partial charge is 0.381 e. The van der Waals surface area contributed by atoms with Crippen molar-refractivity contribution in [1.29, 1.82) is 0 Å². The van der Waals surface area contributed by atoms with E-state index in [0.29, 0.717) is 41.8 Å². The minimum atomic E-state index is -0.113. The molecule has 1 unspecified atom stereocenters. The van der Waals surface area contributed by atoms with Crippen LogP contribution in [0.3, 0.4) is 0 Å². The topological polar surface area (TPSA) is 81.9 Å². The van der Waals surface area contributed by atoms with Crippen molar-refractivity contribution in [2.75, 3.05) is 18.5 Å². The Morgan fingerprint density at radius 2 is 1.86 bits per heavy atom. The number of nitrogens with zero attached hydrogens (tertiary/aromatic N) is 4. The third kappa shape index (κ3) is 3.04. The van der Waals surface area contributed by atoms with Crippen LogP contribution >= 0.6 is 11.6 Å². The predicted molar refractivity (Wildman–Crippen MR) is 107 cm³/mol. The van der Waals surface area contributed by atoms with E-state index in [9.17, 15) is 4.79 Å². The van der Waals surface area contributed by atoms with Crippen LogP contribution in [0, 0.1) is 0 Å². The number of hydrogen-bond donors (Lipinski definition) is 1. The van der Waals surface area contributed by atoms with Gasteiger partial charge in [-0.3, -0.25) is 9.36 Å². The Balaban J connectivity index is 1.57. The van der Waals surface area contributed by atoms with Crippen LogP contribution in [0.25, 0.3) is 11.0 Å². The maximum Gasteiger partial charge on any atom is 0.281 e. The molecule has 3 aromatic rings. The van der Waals surface area contributed by atoms with Gasteiger partial charge in [-0.05, 0) is 37.0 Å². The maximum absolute atomic E-state index is 13.0. The molecular formula is C20H20ClN5O2. The summed E-state index contributed by atoms with van der Waals surface area (Å²) in [5.74, 6) is 0.816. The lowest BCUT2D eigenvalue weighted by Gasteiger charge is -2.28. The van der Waals surface area contributed by atoms with E-state index in [1.165, 1.54) is 6.33 Å². The number of aromatic nitrogens is 4. The van der Waals surface area contributed by atoms with Gasteiger partial charge in [-0.25, -0.2) is 15.0 Å². The monoisotopic (exact) mass is 397 g/mol. The van der Waals surface area contributed by atoms with Crippen molar-refractivity contribution in [3.63, 3.8) is 0 Å². The van der Waals surface area contributed by atoms with Crippen LogP contribution in [0.1, 0.15) is 42.5 Å². The zero-order valence-electron chi connectivity index (χ0n) is 15.3. The molecule has 8 heteroatoms. The summed E-state index contributed by atoms with van der Waals surface area (Å²) in [4.78, 5) is 26.6. The summed E-state index contributed by atoms with van der Waals surface area (Å²) in [6, 6.07) is 7.85. The molecular weight excluding hydrogens is 378 g/mol. The lowest BCUT2D eigenvalue weighted by atomic mass is 9.95. The fraction of sp³-hybridized carbons (Fsp3) is 0.400. The molecule has 1 atom stereocenters. The molecule has 0 saturated carbocycles. The molecule has 0 aliphatic carbocycles. The number of nitrogens with one attached hydrogen (secondary N) is 1. The highest BCUT2D eigenvalue weighted by atomic mass is 35.5. The van der Waals surface area contributed by atoms with E-state index >= 15 is 0 Å². The average molecular weight is 398 g/mol. The first kappa shape index (κ1) is 17.6. The molecule has 1 saturated heterocycles. The number of halogens is 1. The van der Waals surface area contributed by atoms with Crippen LogP contribution in [0.5, 0.6) is 0 Å². The Morgan fingerprint density at radius 3 is 2.64 bits per heavy atom. The molecule has 7 nitrogen and oxygen atoms in total. The SMILES string of the molecule is O=c1c2ncnc(C3CCOCC3)c2nc2n1CCC(c1ccc(Cl)cc1)N2. The van der Waals surface area contributed by atoms with Gasteiger partial charge in [-0.2, -0.15) is 0 Å². The summed E-state index contributed by atoms with van der Waals surface area (Å²) in [7, 11) is 0. The number of fused-ring (bicyclic) bond motifs is 2. The van der Waals surface area contributed by atoms with Crippen molar-refractivity contribution < 1.29 is 4.74 Å². The molecule has 0 spiro atoms. The van der Waals surface area contributed by atoms with Gasteiger partial charge in [0.15, 0.2) is 5.52 Å². The Kier molecular flexibility index (Phi) is 4.49. The average Bonchev–Trinajstić information content (AvgIpc) is 2.74. The summed E-state index contributed by atoms with van der Waals surface area (Å²) in [5, 5.41) is 4.13. The second-order valence-electron chi connectivity index (χ2n) is 7.27. The summed E-state index contributed by atoms with van der Waals surface area (Å²) in [6.07, 6.45) is 4.04. The van der Waals surface area contributed by atoms with Crippen molar-refractivity contribution in [3.05, 3.63) is 57.2 Å². The van der Waals surface area contributed by atoms with E-state index in [1.54, 1.807) is 4.57 Å². The Morgan fingerprint density at radius 1 is 1.07 bits per heavy atom. The lowest BCUT2D eigenvalue weighted by molar-refractivity contribution is 0.0847. The number of rotatable bonds is 2. The van der Waals surface area contributed by atoms with Gasteiger partial charge in [-0.1, -0.05) is 23.7 Å². The highest BCUT2D eigenvalue weighted by molar-refractivity contribution is 6.30. The quantitative estimate of drug-likeness (QED) is 0.714. The predicted octanol–water partition coefficient (Wildman–Crippen LogP) is 3.29. The van der Waals surface area contributed by atoms with Gasteiger partial charge in [0.2, 0.25) is 5.95 Å². The van der Waals surface area contributed by atoms with E-state index < -0.39 is 0 Å². The normalized spacial score (nSPS) is 20.0. The maximum atomic E-state index is 13.0. The second kappa shape index (κ2) is 7.14. The molecule has 2 aliphatic rings. The van der Waals surface area contributed by atoms with Crippen LogP contribution in [0.15, 0.2) is 35.4 Å². The van der Waals surface area contributed by atoms with Crippen molar-refractivity contribution in [1.82, 2.24) is 19.5 Å². The first-order chi connectivity index (χ1) is 13.7. The summed E-state index contributed by atoms with van der Waals surface area (Å²) < 4.78 is 7.14. The lowest BCUT2D eigenvalue weighted by Crippen LogP contribution is -2.33. The fourth-order valence-corrected chi connectivity index (χ4v) is 4.19. The van der Waals surface area contributed by atoms with Gasteiger partial charge >= 0.3 is 0 Å².